The summed E-state index contributed by atoms with van der Waals surface area (Å²) in [6, 6.07) is 3.27. The predicted molar refractivity (Wildman–Crippen MR) is 98.0 cm³/mol. The van der Waals surface area contributed by atoms with Crippen LogP contribution >= 0.6 is 11.6 Å². The van der Waals surface area contributed by atoms with Crippen molar-refractivity contribution in [2.45, 2.75) is 13.8 Å². The summed E-state index contributed by atoms with van der Waals surface area (Å²) in [5.74, 6) is 0.0672. The average Bonchev–Trinajstić information content (AvgIpc) is 2.57. The van der Waals surface area contributed by atoms with E-state index in [2.05, 4.69) is 4.98 Å². The third-order valence-corrected chi connectivity index (χ3v) is 3.96. The Hall–Kier alpha value is -2.60. The number of hydrogen-bond donors (Lipinski definition) is 0. The molecule has 0 amide bonds. The Bertz CT molecular complexity index is 901. The van der Waals surface area contributed by atoms with E-state index >= 15 is 0 Å². The number of aryl methyl sites for hydroxylation is 2. The van der Waals surface area contributed by atoms with Crippen LogP contribution in [-0.2, 0) is 0 Å². The number of methoxy groups -OCH3 is 1. The largest absolute Gasteiger partial charge is 0.495 e. The molecule has 132 valence electrons. The summed E-state index contributed by atoms with van der Waals surface area (Å²) in [4.78, 5) is 30.8. The van der Waals surface area contributed by atoms with Crippen molar-refractivity contribution < 1.29 is 9.53 Å². The highest BCUT2D eigenvalue weighted by molar-refractivity contribution is 6.31. The van der Waals surface area contributed by atoms with Crippen LogP contribution in [-0.4, -0.2) is 41.4 Å². The molecule has 0 unspecified atom stereocenters. The Balaban J connectivity index is 2.62. The van der Waals surface area contributed by atoms with Gasteiger partial charge in [-0.2, -0.15) is 0 Å². The van der Waals surface area contributed by atoms with Gasteiger partial charge < -0.3 is 9.64 Å². The Kier molecular flexibility index (Phi) is 5.64. The van der Waals surface area contributed by atoms with Gasteiger partial charge in [0.15, 0.2) is 0 Å². The first kappa shape index (κ1) is 18.7. The maximum Gasteiger partial charge on any atom is 0.277 e. The quantitative estimate of drug-likeness (QED) is 0.605. The third-order valence-electron chi connectivity index (χ3n) is 3.61. The molecule has 0 spiro atoms. The number of aromatic nitrogens is 2. The fourth-order valence-electron chi connectivity index (χ4n) is 2.32. The van der Waals surface area contributed by atoms with Gasteiger partial charge in [-0.3, -0.25) is 19.1 Å². The van der Waals surface area contributed by atoms with Gasteiger partial charge in [0.2, 0.25) is 5.78 Å². The molecule has 0 N–H and O–H groups in total. The molecule has 2 aromatic rings. The van der Waals surface area contributed by atoms with Gasteiger partial charge in [0.05, 0.1) is 12.8 Å². The van der Waals surface area contributed by atoms with Crippen LogP contribution in [0.3, 0.4) is 0 Å². The van der Waals surface area contributed by atoms with Gasteiger partial charge in [-0.05, 0) is 25.5 Å². The number of rotatable bonds is 5. The second-order valence-electron chi connectivity index (χ2n) is 5.81. The fourth-order valence-corrected chi connectivity index (χ4v) is 2.54. The second kappa shape index (κ2) is 7.53. The van der Waals surface area contributed by atoms with Crippen molar-refractivity contribution in [3.63, 3.8) is 0 Å². The van der Waals surface area contributed by atoms with E-state index in [1.165, 1.54) is 17.8 Å². The zero-order valence-electron chi connectivity index (χ0n) is 14.8. The molecular weight excluding hydrogens is 342 g/mol. The first-order valence-electron chi connectivity index (χ1n) is 7.58. The van der Waals surface area contributed by atoms with Crippen molar-refractivity contribution in [3.05, 3.63) is 62.9 Å². The van der Waals surface area contributed by atoms with Crippen molar-refractivity contribution in [2.24, 2.45) is 0 Å². The van der Waals surface area contributed by atoms with Crippen LogP contribution in [0.5, 0.6) is 5.75 Å². The molecule has 2 rings (SSSR count). The van der Waals surface area contributed by atoms with E-state index < -0.39 is 5.56 Å². The molecule has 6 nitrogen and oxygen atoms in total. The van der Waals surface area contributed by atoms with E-state index in [0.29, 0.717) is 17.1 Å². The molecule has 0 saturated carbocycles. The maximum atomic E-state index is 12.6. The Morgan fingerprint density at radius 1 is 1.32 bits per heavy atom. The van der Waals surface area contributed by atoms with Crippen LogP contribution in [0.15, 0.2) is 35.4 Å². The lowest BCUT2D eigenvalue weighted by Gasteiger charge is -2.15. The van der Waals surface area contributed by atoms with Gasteiger partial charge in [0, 0.05) is 44.3 Å². The van der Waals surface area contributed by atoms with Crippen molar-refractivity contribution in [3.8, 4) is 11.4 Å². The molecule has 0 atom stereocenters. The highest BCUT2D eigenvalue weighted by Crippen LogP contribution is 2.24. The normalized spacial score (nSPS) is 11.0. The minimum Gasteiger partial charge on any atom is -0.495 e. The molecule has 0 saturated heterocycles. The Labute approximate surface area is 151 Å². The summed E-state index contributed by atoms with van der Waals surface area (Å²) >= 11 is 6.10. The van der Waals surface area contributed by atoms with Crippen molar-refractivity contribution >= 4 is 17.4 Å². The molecule has 7 heteroatoms. The van der Waals surface area contributed by atoms with E-state index in [-0.39, 0.29) is 16.5 Å². The lowest BCUT2D eigenvalue weighted by molar-refractivity contribution is 0.104. The van der Waals surface area contributed by atoms with E-state index in [4.69, 9.17) is 16.3 Å². The number of halogens is 1. The summed E-state index contributed by atoms with van der Waals surface area (Å²) in [6.07, 6.45) is 4.64. The summed E-state index contributed by atoms with van der Waals surface area (Å²) < 4.78 is 6.57. The highest BCUT2D eigenvalue weighted by atomic mass is 35.5. The van der Waals surface area contributed by atoms with Gasteiger partial charge in [-0.25, -0.2) is 0 Å². The number of nitrogens with zero attached hydrogens (tertiary/aromatic N) is 3. The van der Waals surface area contributed by atoms with Gasteiger partial charge in [-0.15, -0.1) is 0 Å². The predicted octanol–water partition coefficient (Wildman–Crippen LogP) is 2.77. The zero-order valence-corrected chi connectivity index (χ0v) is 15.6. The Morgan fingerprint density at radius 2 is 2.00 bits per heavy atom. The molecule has 0 aromatic carbocycles. The lowest BCUT2D eigenvalue weighted by atomic mass is 10.1. The number of ether oxygens (including phenoxy) is 1. The van der Waals surface area contributed by atoms with Crippen LogP contribution in [0.2, 0.25) is 5.02 Å². The molecular formula is C18H20ClN3O3. The van der Waals surface area contributed by atoms with Crippen molar-refractivity contribution in [1.82, 2.24) is 14.5 Å². The monoisotopic (exact) mass is 361 g/mol. The van der Waals surface area contributed by atoms with Crippen molar-refractivity contribution in [2.75, 3.05) is 21.2 Å². The van der Waals surface area contributed by atoms with Crippen LogP contribution in [0.1, 0.15) is 21.7 Å². The molecule has 0 aliphatic rings. The third kappa shape index (κ3) is 3.91. The number of carbonyl (C=O) groups is 1. The van der Waals surface area contributed by atoms with Gasteiger partial charge >= 0.3 is 0 Å². The summed E-state index contributed by atoms with van der Waals surface area (Å²) in [7, 11) is 5.09. The molecule has 0 aliphatic carbocycles. The highest BCUT2D eigenvalue weighted by Gasteiger charge is 2.16. The smallest absolute Gasteiger partial charge is 0.277 e. The number of allylic oxidation sites excluding steroid dienone is 1. The van der Waals surface area contributed by atoms with E-state index in [0.717, 1.165) is 5.56 Å². The topological polar surface area (TPSA) is 64.4 Å². The average molecular weight is 362 g/mol. The number of hydrogen-bond acceptors (Lipinski definition) is 5. The minimum absolute atomic E-state index is 0.00954. The fraction of sp³-hybridized carbons (Fsp3) is 0.278. The van der Waals surface area contributed by atoms with Gasteiger partial charge in [0.1, 0.15) is 16.5 Å². The first-order valence-corrected chi connectivity index (χ1v) is 7.96. The van der Waals surface area contributed by atoms with Crippen LogP contribution < -0.4 is 10.3 Å². The summed E-state index contributed by atoms with van der Waals surface area (Å²) in [6.45, 7) is 3.59. The molecule has 2 heterocycles. The second-order valence-corrected chi connectivity index (χ2v) is 6.19. The zero-order chi connectivity index (χ0) is 18.7. The summed E-state index contributed by atoms with van der Waals surface area (Å²) in [5.41, 5.74) is 1.79. The molecule has 0 fully saturated rings. The van der Waals surface area contributed by atoms with E-state index in [1.807, 2.05) is 21.0 Å². The first-order chi connectivity index (χ1) is 11.8. The van der Waals surface area contributed by atoms with Crippen LogP contribution in [0.25, 0.3) is 5.69 Å². The van der Waals surface area contributed by atoms with Gasteiger partial charge in [0.25, 0.3) is 5.56 Å². The van der Waals surface area contributed by atoms with Crippen LogP contribution in [0.4, 0.5) is 0 Å². The lowest BCUT2D eigenvalue weighted by Crippen LogP contribution is -2.23. The number of ketones is 1. The SMILES string of the molecule is COc1cc(C)n(-c2cc(C(=O)/C=C/N(C)C)ncc2C)c(=O)c1Cl. The van der Waals surface area contributed by atoms with E-state index in [9.17, 15) is 9.59 Å². The van der Waals surface area contributed by atoms with Gasteiger partial charge in [-0.1, -0.05) is 11.6 Å². The number of carbonyl (C=O) groups excluding carboxylic acids is 1. The molecule has 0 radical (unpaired) electrons. The maximum absolute atomic E-state index is 12.6. The Morgan fingerprint density at radius 3 is 2.60 bits per heavy atom. The van der Waals surface area contributed by atoms with Crippen molar-refractivity contribution in [1.29, 1.82) is 0 Å². The standard InChI is InChI=1S/C18H20ClN3O3/c1-11-10-20-13(15(23)6-7-21(3)4)9-14(11)22-12(2)8-16(25-5)17(19)18(22)24/h6-10H,1-5H3/b7-6+. The number of pyridine rings is 2. The minimum atomic E-state index is -0.407. The molecule has 0 bridgehead atoms. The van der Waals surface area contributed by atoms with E-state index in [1.54, 1.807) is 36.4 Å². The molecule has 2 aromatic heterocycles. The molecule has 25 heavy (non-hydrogen) atoms. The summed E-state index contributed by atoms with van der Waals surface area (Å²) in [5, 5.41) is -0.00954. The molecule has 0 aliphatic heterocycles. The van der Waals surface area contributed by atoms with Crippen LogP contribution in [0, 0.1) is 13.8 Å².